The average Bonchev–Trinajstić information content (AvgIpc) is 3.39. The highest BCUT2D eigenvalue weighted by molar-refractivity contribution is 5.70. The second kappa shape index (κ2) is 46.4. The first kappa shape index (κ1) is 68.6. The van der Waals surface area contributed by atoms with Gasteiger partial charge in [0.2, 0.25) is 0 Å². The number of unbranched alkanes of at least 4 members (excludes halogenated alkanes) is 36. The summed E-state index contributed by atoms with van der Waals surface area (Å²) in [5.41, 5.74) is 0. The number of aliphatic hydroxyl groups is 7. The Morgan fingerprint density at radius 3 is 1.05 bits per heavy atom. The molecule has 15 heteroatoms. The van der Waals surface area contributed by atoms with Crippen molar-refractivity contribution in [2.45, 2.75) is 338 Å². The molecule has 0 aliphatic carbocycles. The minimum absolute atomic E-state index is 0.174. The van der Waals surface area contributed by atoms with Crippen molar-refractivity contribution in [3.63, 3.8) is 0 Å². The van der Waals surface area contributed by atoms with E-state index in [-0.39, 0.29) is 26.1 Å². The zero-order valence-corrected chi connectivity index (χ0v) is 46.9. The van der Waals surface area contributed by atoms with Gasteiger partial charge in [0, 0.05) is 12.8 Å². The monoisotopic (exact) mass is 1060 g/mol. The van der Waals surface area contributed by atoms with Crippen LogP contribution < -0.4 is 0 Å². The van der Waals surface area contributed by atoms with Crippen molar-refractivity contribution in [3.05, 3.63) is 0 Å². The van der Waals surface area contributed by atoms with E-state index in [2.05, 4.69) is 13.8 Å². The summed E-state index contributed by atoms with van der Waals surface area (Å²) in [6.07, 6.45) is 31.3. The molecule has 74 heavy (non-hydrogen) atoms. The lowest BCUT2D eigenvalue weighted by Gasteiger charge is -2.42. The van der Waals surface area contributed by atoms with E-state index in [4.69, 9.17) is 28.4 Å². The molecule has 2 fully saturated rings. The number of aliphatic hydroxyl groups excluding tert-OH is 7. The second-order valence-electron chi connectivity index (χ2n) is 21.9. The maximum absolute atomic E-state index is 13.1. The molecule has 11 atom stereocenters. The molecular formula is C59H112O15. The Morgan fingerprint density at radius 1 is 0.378 bits per heavy atom. The van der Waals surface area contributed by atoms with Gasteiger partial charge >= 0.3 is 11.9 Å². The van der Waals surface area contributed by atoms with Crippen molar-refractivity contribution in [2.24, 2.45) is 0 Å². The molecule has 4 unspecified atom stereocenters. The molecule has 0 aromatic heterocycles. The van der Waals surface area contributed by atoms with Gasteiger partial charge < -0.3 is 64.2 Å². The third-order valence-electron chi connectivity index (χ3n) is 15.1. The molecule has 0 saturated carbocycles. The minimum atomic E-state index is -1.76. The lowest BCUT2D eigenvalue weighted by molar-refractivity contribution is -0.332. The van der Waals surface area contributed by atoms with Crippen LogP contribution in [0.5, 0.6) is 0 Å². The lowest BCUT2D eigenvalue weighted by atomic mass is 9.98. The van der Waals surface area contributed by atoms with Crippen LogP contribution in [0.4, 0.5) is 0 Å². The zero-order valence-electron chi connectivity index (χ0n) is 46.9. The van der Waals surface area contributed by atoms with E-state index in [0.29, 0.717) is 12.8 Å². The molecular weight excluding hydrogens is 949 g/mol. The first-order valence-corrected chi connectivity index (χ1v) is 30.6. The third kappa shape index (κ3) is 33.1. The predicted octanol–water partition coefficient (Wildman–Crippen LogP) is 10.7. The van der Waals surface area contributed by atoms with Crippen LogP contribution >= 0.6 is 0 Å². The van der Waals surface area contributed by atoms with E-state index in [9.17, 15) is 45.3 Å². The number of rotatable bonds is 50. The number of carbonyl (C=O) groups excluding carboxylic acids is 2. The van der Waals surface area contributed by atoms with E-state index >= 15 is 0 Å². The quantitative estimate of drug-likeness (QED) is 0.0222. The van der Waals surface area contributed by atoms with Crippen LogP contribution in [0.2, 0.25) is 0 Å². The van der Waals surface area contributed by atoms with Crippen LogP contribution in [0, 0.1) is 0 Å². The summed E-state index contributed by atoms with van der Waals surface area (Å²) in [5.74, 6) is -0.902. The second-order valence-corrected chi connectivity index (χ2v) is 21.9. The van der Waals surface area contributed by atoms with E-state index < -0.39 is 92.7 Å². The van der Waals surface area contributed by atoms with Crippen molar-refractivity contribution in [2.75, 3.05) is 26.4 Å². The highest BCUT2D eigenvalue weighted by Gasteiger charge is 2.47. The minimum Gasteiger partial charge on any atom is -0.462 e. The Morgan fingerprint density at radius 2 is 0.689 bits per heavy atom. The van der Waals surface area contributed by atoms with Crippen LogP contribution in [0.15, 0.2) is 0 Å². The van der Waals surface area contributed by atoms with Crippen LogP contribution in [-0.2, 0) is 38.0 Å². The van der Waals surface area contributed by atoms with Crippen molar-refractivity contribution in [1.29, 1.82) is 0 Å². The Labute approximate surface area is 448 Å². The number of hydrogen-bond donors (Lipinski definition) is 7. The van der Waals surface area contributed by atoms with E-state index in [1.165, 1.54) is 193 Å². The highest BCUT2D eigenvalue weighted by atomic mass is 16.7. The zero-order chi connectivity index (χ0) is 53.9. The number of esters is 2. The van der Waals surface area contributed by atoms with Crippen molar-refractivity contribution < 1.29 is 73.8 Å². The van der Waals surface area contributed by atoms with Crippen LogP contribution in [0.3, 0.4) is 0 Å². The molecule has 2 saturated heterocycles. The molecule has 2 heterocycles. The summed E-state index contributed by atoms with van der Waals surface area (Å²) >= 11 is 0. The number of hydrogen-bond acceptors (Lipinski definition) is 15. The lowest BCUT2D eigenvalue weighted by Crippen LogP contribution is -2.61. The molecule has 2 aliphatic heterocycles. The van der Waals surface area contributed by atoms with Crippen molar-refractivity contribution in [1.82, 2.24) is 0 Å². The fourth-order valence-electron chi connectivity index (χ4n) is 10.1. The van der Waals surface area contributed by atoms with Gasteiger partial charge in [0.15, 0.2) is 18.7 Å². The van der Waals surface area contributed by atoms with Crippen molar-refractivity contribution >= 4 is 11.9 Å². The van der Waals surface area contributed by atoms with Gasteiger partial charge in [0.25, 0.3) is 0 Å². The first-order chi connectivity index (χ1) is 36.0. The fraction of sp³-hybridized carbons (Fsp3) is 0.966. The molecule has 438 valence electrons. The normalized spacial score (nSPS) is 24.6. The fourth-order valence-corrected chi connectivity index (χ4v) is 10.1. The third-order valence-corrected chi connectivity index (χ3v) is 15.1. The highest BCUT2D eigenvalue weighted by Crippen LogP contribution is 2.27. The van der Waals surface area contributed by atoms with Crippen LogP contribution in [-0.4, -0.2) is 142 Å². The maximum atomic E-state index is 13.1. The summed E-state index contributed by atoms with van der Waals surface area (Å²) in [7, 11) is 0. The van der Waals surface area contributed by atoms with Gasteiger partial charge in [-0.15, -0.1) is 0 Å². The van der Waals surface area contributed by atoms with Crippen LogP contribution in [0.25, 0.3) is 0 Å². The average molecular weight is 1060 g/mol. The summed E-state index contributed by atoms with van der Waals surface area (Å²) in [6.45, 7) is 2.66. The molecule has 2 rings (SSSR count). The van der Waals surface area contributed by atoms with Gasteiger partial charge in [0.05, 0.1) is 19.8 Å². The van der Waals surface area contributed by atoms with Crippen LogP contribution in [0.1, 0.15) is 271 Å². The van der Waals surface area contributed by atoms with Gasteiger partial charge in [-0.1, -0.05) is 245 Å². The van der Waals surface area contributed by atoms with Gasteiger partial charge in [0.1, 0.15) is 55.4 Å². The Balaban J connectivity index is 1.70. The van der Waals surface area contributed by atoms with Gasteiger partial charge in [-0.3, -0.25) is 9.59 Å². The predicted molar refractivity (Wildman–Crippen MR) is 289 cm³/mol. The Kier molecular flexibility index (Phi) is 43.0. The largest absolute Gasteiger partial charge is 0.462 e. The smallest absolute Gasteiger partial charge is 0.306 e. The summed E-state index contributed by atoms with van der Waals surface area (Å²) < 4.78 is 33.7. The molecule has 0 spiro atoms. The summed E-state index contributed by atoms with van der Waals surface area (Å²) in [4.78, 5) is 25.9. The molecule has 7 N–H and O–H groups in total. The maximum Gasteiger partial charge on any atom is 0.306 e. The Bertz CT molecular complexity index is 1290. The van der Waals surface area contributed by atoms with Gasteiger partial charge in [-0.05, 0) is 12.8 Å². The topological polar surface area (TPSA) is 231 Å². The number of ether oxygens (including phenoxy) is 6. The molecule has 0 aromatic carbocycles. The SMILES string of the molecule is CCCCCCCCCCCCCCCCCCCCCCCCCC(=O)OC[C@@H](CO[C@@H]1O[C@H](CO[C@@H]2O[C@H](CO)[C@H](O)C(O)C2O)[C@H](O)C(O)C1O)OC(=O)CCCCCCCCCCCCCCCCC. The van der Waals surface area contributed by atoms with Crippen molar-refractivity contribution in [3.8, 4) is 0 Å². The standard InChI is InChI=1S/C59H112O15/c1-3-5-7-9-11-13-15-17-19-20-21-22-23-24-25-26-28-29-31-33-35-37-39-41-50(61)69-44-47(72-51(62)42-40-38-36-34-32-30-27-18-16-14-12-10-8-6-4-2)45-70-58-57(68)55(66)53(64)49(74-58)46-71-59-56(67)54(65)52(63)48(43-60)73-59/h47-49,52-60,63-68H,3-46H2,1-2H3/t47-,48+,49+,52-,53-,54?,55?,56?,57?,58+,59+/m0/s1. The number of carbonyl (C=O) groups is 2. The van der Waals surface area contributed by atoms with E-state index in [0.717, 1.165) is 38.5 Å². The summed E-state index contributed by atoms with van der Waals surface area (Å²) in [5, 5.41) is 72.3. The molecule has 0 amide bonds. The molecule has 2 aliphatic rings. The molecule has 0 radical (unpaired) electrons. The van der Waals surface area contributed by atoms with Gasteiger partial charge in [-0.2, -0.15) is 0 Å². The van der Waals surface area contributed by atoms with E-state index in [1.54, 1.807) is 0 Å². The molecule has 0 bridgehead atoms. The first-order valence-electron chi connectivity index (χ1n) is 30.6. The molecule has 15 nitrogen and oxygen atoms in total. The summed E-state index contributed by atoms with van der Waals surface area (Å²) in [6, 6.07) is 0. The van der Waals surface area contributed by atoms with E-state index in [1.807, 2.05) is 0 Å². The molecule has 0 aromatic rings. The van der Waals surface area contributed by atoms with Gasteiger partial charge in [-0.25, -0.2) is 0 Å². The Hall–Kier alpha value is -1.50.